The maximum atomic E-state index is 11.8. The van der Waals surface area contributed by atoms with Gasteiger partial charge in [0, 0.05) is 36.5 Å². The third-order valence-electron chi connectivity index (χ3n) is 4.19. The topological polar surface area (TPSA) is 73.4 Å². The van der Waals surface area contributed by atoms with Gasteiger partial charge in [-0.05, 0) is 24.5 Å². The summed E-state index contributed by atoms with van der Waals surface area (Å²) in [5.74, 6) is -0.837. The molecule has 0 aliphatic carbocycles. The van der Waals surface area contributed by atoms with E-state index in [2.05, 4.69) is 11.1 Å². The summed E-state index contributed by atoms with van der Waals surface area (Å²) in [6, 6.07) is 7.89. The first kappa shape index (κ1) is 13.7. The molecule has 2 heterocycles. The maximum absolute atomic E-state index is 11.8. The number of amides is 1. The molecule has 1 amide bonds. The van der Waals surface area contributed by atoms with Gasteiger partial charge in [0.2, 0.25) is 5.91 Å². The Morgan fingerprint density at radius 1 is 1.38 bits per heavy atom. The molecule has 3 rings (SSSR count). The Balaban J connectivity index is 2.04. The molecular formula is C16H18N2O3. The highest BCUT2D eigenvalue weighted by molar-refractivity contribution is 5.86. The molecule has 0 saturated heterocycles. The van der Waals surface area contributed by atoms with Gasteiger partial charge in [-0.25, -0.2) is 0 Å². The van der Waals surface area contributed by atoms with Crippen molar-refractivity contribution in [3.63, 3.8) is 0 Å². The molecule has 1 aromatic carbocycles. The van der Waals surface area contributed by atoms with Crippen LogP contribution in [0.4, 0.5) is 0 Å². The van der Waals surface area contributed by atoms with Crippen LogP contribution in [0.25, 0.3) is 10.9 Å². The molecule has 0 saturated carbocycles. The molecule has 1 aliphatic rings. The largest absolute Gasteiger partial charge is 0.481 e. The molecule has 0 bridgehead atoms. The third kappa shape index (κ3) is 2.39. The van der Waals surface area contributed by atoms with E-state index in [1.54, 1.807) is 11.8 Å². The van der Waals surface area contributed by atoms with Gasteiger partial charge in [0.05, 0.1) is 6.04 Å². The van der Waals surface area contributed by atoms with Gasteiger partial charge < -0.3 is 15.0 Å². The number of fused-ring (bicyclic) bond motifs is 3. The van der Waals surface area contributed by atoms with E-state index >= 15 is 0 Å². The fourth-order valence-electron chi connectivity index (χ4n) is 3.26. The fourth-order valence-corrected chi connectivity index (χ4v) is 3.26. The van der Waals surface area contributed by atoms with E-state index in [4.69, 9.17) is 5.11 Å². The lowest BCUT2D eigenvalue weighted by molar-refractivity contribution is -0.139. The minimum absolute atomic E-state index is 0.00491. The molecule has 0 fully saturated rings. The van der Waals surface area contributed by atoms with Crippen LogP contribution in [0.15, 0.2) is 24.3 Å². The second-order valence-corrected chi connectivity index (χ2v) is 5.47. The number of carboxylic acids is 1. The summed E-state index contributed by atoms with van der Waals surface area (Å²) in [5.41, 5.74) is 3.27. The second-order valence-electron chi connectivity index (χ2n) is 5.47. The van der Waals surface area contributed by atoms with Crippen molar-refractivity contribution in [1.82, 2.24) is 9.88 Å². The van der Waals surface area contributed by atoms with E-state index in [1.807, 2.05) is 18.2 Å². The Kier molecular flexibility index (Phi) is 3.41. The van der Waals surface area contributed by atoms with Crippen LogP contribution in [0.2, 0.25) is 0 Å². The van der Waals surface area contributed by atoms with Gasteiger partial charge in [-0.1, -0.05) is 18.2 Å². The van der Waals surface area contributed by atoms with Crippen molar-refractivity contribution >= 4 is 22.8 Å². The summed E-state index contributed by atoms with van der Waals surface area (Å²) in [4.78, 5) is 27.9. The SMILES string of the molecule is CC(=O)N1CCc2c([nH]c3ccccc23)C1CCC(=O)O. The van der Waals surface area contributed by atoms with Crippen LogP contribution >= 0.6 is 0 Å². The Labute approximate surface area is 122 Å². The number of H-pyrrole nitrogens is 1. The zero-order valence-corrected chi connectivity index (χ0v) is 11.9. The van der Waals surface area contributed by atoms with Crippen LogP contribution in [0.5, 0.6) is 0 Å². The van der Waals surface area contributed by atoms with Crippen molar-refractivity contribution in [2.75, 3.05) is 6.54 Å². The normalized spacial score (nSPS) is 17.8. The van der Waals surface area contributed by atoms with Gasteiger partial charge in [0.15, 0.2) is 0 Å². The number of carbonyl (C=O) groups excluding carboxylic acids is 1. The average molecular weight is 286 g/mol. The minimum Gasteiger partial charge on any atom is -0.481 e. The number of nitrogens with one attached hydrogen (secondary N) is 1. The highest BCUT2D eigenvalue weighted by atomic mass is 16.4. The van der Waals surface area contributed by atoms with Gasteiger partial charge >= 0.3 is 5.97 Å². The lowest BCUT2D eigenvalue weighted by Gasteiger charge is -2.35. The molecule has 1 unspecified atom stereocenters. The van der Waals surface area contributed by atoms with E-state index in [1.165, 1.54) is 10.9 Å². The number of nitrogens with zero attached hydrogens (tertiary/aromatic N) is 1. The molecule has 2 aromatic rings. The number of aromatic amines is 1. The van der Waals surface area contributed by atoms with E-state index in [0.29, 0.717) is 13.0 Å². The number of benzene rings is 1. The number of para-hydroxylation sites is 1. The number of carbonyl (C=O) groups is 2. The van der Waals surface area contributed by atoms with Crippen LogP contribution in [-0.4, -0.2) is 33.4 Å². The summed E-state index contributed by atoms with van der Waals surface area (Å²) in [6.07, 6.45) is 1.31. The maximum Gasteiger partial charge on any atom is 0.303 e. The van der Waals surface area contributed by atoms with Crippen molar-refractivity contribution in [2.45, 2.75) is 32.2 Å². The third-order valence-corrected chi connectivity index (χ3v) is 4.19. The standard InChI is InChI=1S/C16H18N2O3/c1-10(19)18-9-8-12-11-4-2-3-5-13(11)17-16(12)14(18)6-7-15(20)21/h2-5,14,17H,6-9H2,1H3,(H,20,21). The van der Waals surface area contributed by atoms with E-state index in [9.17, 15) is 9.59 Å². The highest BCUT2D eigenvalue weighted by Crippen LogP contribution is 2.36. The number of hydrogen-bond donors (Lipinski definition) is 2. The van der Waals surface area contributed by atoms with Crippen LogP contribution in [-0.2, 0) is 16.0 Å². The first-order valence-electron chi connectivity index (χ1n) is 7.16. The smallest absolute Gasteiger partial charge is 0.303 e. The van der Waals surface area contributed by atoms with Crippen LogP contribution in [0.1, 0.15) is 37.1 Å². The van der Waals surface area contributed by atoms with Crippen molar-refractivity contribution in [3.05, 3.63) is 35.5 Å². The summed E-state index contributed by atoms with van der Waals surface area (Å²) in [6.45, 7) is 2.19. The van der Waals surface area contributed by atoms with Crippen molar-refractivity contribution in [1.29, 1.82) is 0 Å². The summed E-state index contributed by atoms with van der Waals surface area (Å²) >= 11 is 0. The first-order chi connectivity index (χ1) is 10.1. The van der Waals surface area contributed by atoms with Crippen molar-refractivity contribution in [2.24, 2.45) is 0 Å². The zero-order chi connectivity index (χ0) is 15.0. The second kappa shape index (κ2) is 5.24. The average Bonchev–Trinajstić information content (AvgIpc) is 2.83. The molecule has 0 spiro atoms. The molecule has 1 atom stereocenters. The lowest BCUT2D eigenvalue weighted by atomic mass is 9.94. The quantitative estimate of drug-likeness (QED) is 0.910. The molecule has 110 valence electrons. The predicted octanol–water partition coefficient (Wildman–Crippen LogP) is 2.48. The number of aliphatic carboxylic acids is 1. The van der Waals surface area contributed by atoms with Gasteiger partial charge in [-0.3, -0.25) is 9.59 Å². The fraction of sp³-hybridized carbons (Fsp3) is 0.375. The summed E-state index contributed by atoms with van der Waals surface area (Å²) in [5, 5.41) is 10.1. The Morgan fingerprint density at radius 2 is 2.14 bits per heavy atom. The molecule has 2 N–H and O–H groups in total. The van der Waals surface area contributed by atoms with E-state index in [0.717, 1.165) is 17.6 Å². The van der Waals surface area contributed by atoms with Gasteiger partial charge in [-0.15, -0.1) is 0 Å². The predicted molar refractivity (Wildman–Crippen MR) is 79.0 cm³/mol. The lowest BCUT2D eigenvalue weighted by Crippen LogP contribution is -2.39. The Hall–Kier alpha value is -2.30. The molecule has 1 aliphatic heterocycles. The molecule has 1 aromatic heterocycles. The number of hydrogen-bond acceptors (Lipinski definition) is 2. The molecule has 5 heteroatoms. The summed E-state index contributed by atoms with van der Waals surface area (Å²) < 4.78 is 0. The monoisotopic (exact) mass is 286 g/mol. The van der Waals surface area contributed by atoms with E-state index < -0.39 is 5.97 Å². The zero-order valence-electron chi connectivity index (χ0n) is 11.9. The summed E-state index contributed by atoms with van der Waals surface area (Å²) in [7, 11) is 0. The van der Waals surface area contributed by atoms with Gasteiger partial charge in [0.1, 0.15) is 0 Å². The molecule has 0 radical (unpaired) electrons. The number of carboxylic acid groups (broad SMARTS) is 1. The minimum atomic E-state index is -0.832. The van der Waals surface area contributed by atoms with Crippen LogP contribution in [0, 0.1) is 0 Å². The first-order valence-corrected chi connectivity index (χ1v) is 7.16. The van der Waals surface area contributed by atoms with Gasteiger partial charge in [0.25, 0.3) is 0 Å². The van der Waals surface area contributed by atoms with E-state index in [-0.39, 0.29) is 18.4 Å². The molecule has 5 nitrogen and oxygen atoms in total. The highest BCUT2D eigenvalue weighted by Gasteiger charge is 2.31. The number of aromatic nitrogens is 1. The van der Waals surface area contributed by atoms with Crippen molar-refractivity contribution in [3.8, 4) is 0 Å². The number of rotatable bonds is 3. The Morgan fingerprint density at radius 3 is 2.86 bits per heavy atom. The van der Waals surface area contributed by atoms with Crippen LogP contribution < -0.4 is 0 Å². The molecular weight excluding hydrogens is 268 g/mol. The van der Waals surface area contributed by atoms with Gasteiger partial charge in [-0.2, -0.15) is 0 Å². The Bertz CT molecular complexity index is 705. The van der Waals surface area contributed by atoms with Crippen molar-refractivity contribution < 1.29 is 14.7 Å². The van der Waals surface area contributed by atoms with Crippen LogP contribution in [0.3, 0.4) is 0 Å². The molecule has 21 heavy (non-hydrogen) atoms.